The van der Waals surface area contributed by atoms with Crippen LogP contribution in [0, 0.1) is 0 Å². The van der Waals surface area contributed by atoms with Crippen LogP contribution in [0.15, 0.2) is 0 Å². The number of hydrogen-bond acceptors (Lipinski definition) is 9. The van der Waals surface area contributed by atoms with Crippen LogP contribution in [0.4, 0.5) is 0 Å². The average Bonchev–Trinajstić information content (AvgIpc) is 2.48. The molecule has 0 atom stereocenters. The number of nitrogens with one attached hydrogen (secondary N) is 3. The molecule has 144 valence electrons. The molecule has 1 rings (SSSR count). The SMILES string of the molecule is CCO[P+]1(OCC)N[P+](OCC)(OCC)N[P+](OCC)(OCC)N1. The highest BCUT2D eigenvalue weighted by Gasteiger charge is 2.79. The highest BCUT2D eigenvalue weighted by molar-refractivity contribution is 7.92. The van der Waals surface area contributed by atoms with Crippen molar-refractivity contribution in [3.8, 4) is 0 Å². The fourth-order valence-corrected chi connectivity index (χ4v) is 13.2. The summed E-state index contributed by atoms with van der Waals surface area (Å²) in [5.41, 5.74) is 0. The molecular formula is C12H33N3O6P3+3. The first kappa shape index (κ1) is 23.0. The van der Waals surface area contributed by atoms with Crippen LogP contribution in [-0.4, -0.2) is 39.6 Å². The Hall–Kier alpha value is 0.930. The predicted octanol–water partition coefficient (Wildman–Crippen LogP) is 4.02. The van der Waals surface area contributed by atoms with Crippen molar-refractivity contribution in [3.05, 3.63) is 0 Å². The van der Waals surface area contributed by atoms with Crippen molar-refractivity contribution < 1.29 is 27.1 Å². The summed E-state index contributed by atoms with van der Waals surface area (Å²) >= 11 is 0. The minimum Gasteiger partial charge on any atom is -0.168 e. The maximum atomic E-state index is 5.97. The summed E-state index contributed by atoms with van der Waals surface area (Å²) in [6.45, 7) is 14.2. The van der Waals surface area contributed by atoms with Gasteiger partial charge in [-0.2, -0.15) is 27.1 Å². The molecule has 0 bridgehead atoms. The number of hydrogen-bond donors (Lipinski definition) is 3. The van der Waals surface area contributed by atoms with Crippen LogP contribution in [0.1, 0.15) is 41.5 Å². The van der Waals surface area contributed by atoms with Gasteiger partial charge < -0.3 is 0 Å². The van der Waals surface area contributed by atoms with Crippen molar-refractivity contribution in [2.75, 3.05) is 39.6 Å². The molecule has 0 unspecified atom stereocenters. The van der Waals surface area contributed by atoms with Crippen LogP contribution < -0.4 is 14.6 Å². The van der Waals surface area contributed by atoms with Gasteiger partial charge in [-0.25, -0.2) is 0 Å². The monoisotopic (exact) mass is 408 g/mol. The van der Waals surface area contributed by atoms with E-state index in [1.54, 1.807) is 0 Å². The summed E-state index contributed by atoms with van der Waals surface area (Å²) < 4.78 is 35.8. The van der Waals surface area contributed by atoms with Crippen LogP contribution in [0.5, 0.6) is 0 Å². The quantitative estimate of drug-likeness (QED) is 0.414. The first-order chi connectivity index (χ1) is 11.5. The molecule has 0 aromatic heterocycles. The second-order valence-electron chi connectivity index (χ2n) is 4.46. The largest absolute Gasteiger partial charge is 0.510 e. The van der Waals surface area contributed by atoms with Crippen molar-refractivity contribution in [1.82, 2.24) is 14.6 Å². The number of rotatable bonds is 12. The van der Waals surface area contributed by atoms with E-state index < -0.39 is 24.1 Å². The molecule has 0 aliphatic carbocycles. The minimum absolute atomic E-state index is 0.463. The molecule has 9 nitrogen and oxygen atoms in total. The Morgan fingerprint density at radius 2 is 0.583 bits per heavy atom. The lowest BCUT2D eigenvalue weighted by Gasteiger charge is -2.34. The fourth-order valence-electron chi connectivity index (χ4n) is 2.14. The van der Waals surface area contributed by atoms with Gasteiger partial charge in [0.25, 0.3) is 0 Å². The summed E-state index contributed by atoms with van der Waals surface area (Å²) in [6, 6.07) is 0. The molecule has 12 heteroatoms. The van der Waals surface area contributed by atoms with E-state index in [4.69, 9.17) is 27.1 Å². The van der Waals surface area contributed by atoms with Gasteiger partial charge in [0, 0.05) is 0 Å². The summed E-state index contributed by atoms with van der Waals surface area (Å²) in [4.78, 5) is 10.0. The summed E-state index contributed by atoms with van der Waals surface area (Å²) in [7, 11) is -8.15. The van der Waals surface area contributed by atoms with E-state index in [-0.39, 0.29) is 0 Å². The Kier molecular flexibility index (Phi) is 10.5. The molecule has 1 aliphatic heterocycles. The van der Waals surface area contributed by atoms with Gasteiger partial charge in [-0.1, -0.05) is 0 Å². The first-order valence-corrected chi connectivity index (χ1v) is 13.3. The van der Waals surface area contributed by atoms with E-state index >= 15 is 0 Å². The van der Waals surface area contributed by atoms with Gasteiger partial charge in [0.1, 0.15) is 0 Å². The zero-order valence-corrected chi connectivity index (χ0v) is 18.2. The van der Waals surface area contributed by atoms with E-state index in [0.29, 0.717) is 39.6 Å². The van der Waals surface area contributed by atoms with Crippen molar-refractivity contribution in [1.29, 1.82) is 0 Å². The van der Waals surface area contributed by atoms with Crippen LogP contribution >= 0.6 is 24.1 Å². The fraction of sp³-hybridized carbons (Fsp3) is 1.00. The maximum Gasteiger partial charge on any atom is 0.510 e. The van der Waals surface area contributed by atoms with Crippen molar-refractivity contribution in [2.45, 2.75) is 41.5 Å². The van der Waals surface area contributed by atoms with Gasteiger partial charge in [0.15, 0.2) is 0 Å². The third kappa shape index (κ3) is 5.98. The topological polar surface area (TPSA) is 91.5 Å². The van der Waals surface area contributed by atoms with Gasteiger partial charge in [0.05, 0.1) is 54.2 Å². The molecule has 1 fully saturated rings. The summed E-state index contributed by atoms with van der Waals surface area (Å²) in [5, 5.41) is 0. The zero-order chi connectivity index (χ0) is 18.1. The molecule has 0 spiro atoms. The lowest BCUT2D eigenvalue weighted by Crippen LogP contribution is -2.47. The average molecular weight is 408 g/mol. The molecule has 1 heterocycles. The second-order valence-corrected chi connectivity index (χ2v) is 11.7. The Morgan fingerprint density at radius 3 is 0.708 bits per heavy atom. The highest BCUT2D eigenvalue weighted by Crippen LogP contribution is 2.81. The molecule has 1 aliphatic rings. The lowest BCUT2D eigenvalue weighted by molar-refractivity contribution is 0.194. The van der Waals surface area contributed by atoms with Gasteiger partial charge in [0.2, 0.25) is 0 Å². The van der Waals surface area contributed by atoms with Crippen molar-refractivity contribution >= 4 is 24.1 Å². The normalized spacial score (nSPS) is 21.8. The Bertz CT molecular complexity index is 287. The van der Waals surface area contributed by atoms with E-state index in [2.05, 4.69) is 14.6 Å². The molecule has 1 saturated heterocycles. The molecular weight excluding hydrogens is 375 g/mol. The van der Waals surface area contributed by atoms with Crippen molar-refractivity contribution in [2.24, 2.45) is 0 Å². The Balaban J connectivity index is 3.29. The molecule has 0 saturated carbocycles. The van der Waals surface area contributed by atoms with Crippen LogP contribution in [-0.2, 0) is 27.1 Å². The lowest BCUT2D eigenvalue weighted by atomic mass is 10.9. The van der Waals surface area contributed by atoms with Crippen LogP contribution in [0.25, 0.3) is 0 Å². The van der Waals surface area contributed by atoms with E-state index in [9.17, 15) is 0 Å². The molecule has 24 heavy (non-hydrogen) atoms. The minimum atomic E-state index is -2.72. The maximum absolute atomic E-state index is 5.97. The van der Waals surface area contributed by atoms with Gasteiger partial charge >= 0.3 is 24.1 Å². The van der Waals surface area contributed by atoms with E-state index in [1.165, 1.54) is 0 Å². The third-order valence-electron chi connectivity index (χ3n) is 2.66. The van der Waals surface area contributed by atoms with Crippen LogP contribution in [0.2, 0.25) is 0 Å². The predicted molar refractivity (Wildman–Crippen MR) is 99.9 cm³/mol. The highest BCUT2D eigenvalue weighted by atomic mass is 31.3. The van der Waals surface area contributed by atoms with E-state index in [1.807, 2.05) is 41.5 Å². The molecule has 3 N–H and O–H groups in total. The molecule has 0 amide bonds. The van der Waals surface area contributed by atoms with E-state index in [0.717, 1.165) is 0 Å². The zero-order valence-electron chi connectivity index (χ0n) is 15.5. The van der Waals surface area contributed by atoms with Gasteiger partial charge in [-0.3, -0.25) is 0 Å². The Labute approximate surface area is 147 Å². The van der Waals surface area contributed by atoms with Gasteiger partial charge in [-0.15, -0.1) is 0 Å². The first-order valence-electron chi connectivity index (χ1n) is 8.41. The second kappa shape index (κ2) is 10.9. The molecule has 0 aromatic rings. The summed E-state index contributed by atoms with van der Waals surface area (Å²) in [5.74, 6) is 0. The standard InChI is InChI=1S/C12H33N3O6P3/c1-7-16-22(17-8-2)13-23(18-9-3,19-10-4)15-24(14-22,20-11-5)21-12-6/h13-15H,7-12H2,1-6H3/q+3. The summed E-state index contributed by atoms with van der Waals surface area (Å²) in [6.07, 6.45) is 0. The van der Waals surface area contributed by atoms with Crippen molar-refractivity contribution in [3.63, 3.8) is 0 Å². The third-order valence-corrected chi connectivity index (χ3v) is 12.7. The molecule has 0 radical (unpaired) electrons. The molecule has 0 aromatic carbocycles. The van der Waals surface area contributed by atoms with Gasteiger partial charge in [-0.05, 0) is 41.5 Å². The Morgan fingerprint density at radius 1 is 0.417 bits per heavy atom. The van der Waals surface area contributed by atoms with Crippen LogP contribution in [0.3, 0.4) is 0 Å². The smallest absolute Gasteiger partial charge is 0.168 e.